The van der Waals surface area contributed by atoms with E-state index in [1.807, 2.05) is 4.90 Å². The van der Waals surface area contributed by atoms with E-state index in [9.17, 15) is 4.79 Å². The zero-order valence-electron chi connectivity index (χ0n) is 14.0. The van der Waals surface area contributed by atoms with Gasteiger partial charge in [0, 0.05) is 39.7 Å². The Morgan fingerprint density at radius 2 is 2.00 bits per heavy atom. The lowest BCUT2D eigenvalue weighted by molar-refractivity contribution is -0.131. The Morgan fingerprint density at radius 3 is 2.59 bits per heavy atom. The minimum Gasteiger partial charge on any atom is -0.380 e. The maximum Gasteiger partial charge on any atom is 0.219 e. The molecule has 122 valence electrons. The van der Waals surface area contributed by atoms with Crippen molar-refractivity contribution >= 4 is 5.91 Å². The topological polar surface area (TPSA) is 41.6 Å². The molecule has 1 aromatic rings. The van der Waals surface area contributed by atoms with Crippen molar-refractivity contribution in [3.05, 3.63) is 35.4 Å². The van der Waals surface area contributed by atoms with E-state index < -0.39 is 0 Å². The molecule has 1 heterocycles. The van der Waals surface area contributed by atoms with Crippen molar-refractivity contribution in [3.63, 3.8) is 0 Å². The third-order valence-electron chi connectivity index (χ3n) is 4.61. The number of hydrogen-bond donors (Lipinski definition) is 1. The lowest BCUT2D eigenvalue weighted by Crippen LogP contribution is -2.50. The molecule has 0 unspecified atom stereocenters. The predicted molar refractivity (Wildman–Crippen MR) is 88.4 cm³/mol. The minimum atomic E-state index is 0.200. The van der Waals surface area contributed by atoms with E-state index in [4.69, 9.17) is 4.74 Å². The molecule has 0 spiro atoms. The average Bonchev–Trinajstić information content (AvgIpc) is 2.54. The fourth-order valence-electron chi connectivity index (χ4n) is 3.17. The van der Waals surface area contributed by atoms with Crippen LogP contribution in [0.5, 0.6) is 0 Å². The van der Waals surface area contributed by atoms with Gasteiger partial charge in [0.05, 0.1) is 6.61 Å². The third-order valence-corrected chi connectivity index (χ3v) is 4.61. The highest BCUT2D eigenvalue weighted by Gasteiger charge is 2.28. The van der Waals surface area contributed by atoms with Crippen molar-refractivity contribution in [2.24, 2.45) is 5.92 Å². The van der Waals surface area contributed by atoms with Gasteiger partial charge >= 0.3 is 0 Å². The number of carbonyl (C=O) groups is 1. The predicted octanol–water partition coefficient (Wildman–Crippen LogP) is 2.57. The van der Waals surface area contributed by atoms with E-state index in [1.165, 1.54) is 11.1 Å². The van der Waals surface area contributed by atoms with E-state index in [0.29, 0.717) is 18.6 Å². The van der Waals surface area contributed by atoms with E-state index in [0.717, 1.165) is 32.5 Å². The molecule has 1 fully saturated rings. The molecule has 0 aromatic heterocycles. The number of nitrogens with zero attached hydrogens (tertiary/aromatic N) is 1. The van der Waals surface area contributed by atoms with Gasteiger partial charge < -0.3 is 15.0 Å². The maximum atomic E-state index is 11.5. The van der Waals surface area contributed by atoms with Gasteiger partial charge in [-0.1, -0.05) is 37.6 Å². The lowest BCUT2D eigenvalue weighted by Gasteiger charge is -2.38. The summed E-state index contributed by atoms with van der Waals surface area (Å²) >= 11 is 0. The van der Waals surface area contributed by atoms with Gasteiger partial charge in [-0.25, -0.2) is 0 Å². The highest BCUT2D eigenvalue weighted by Crippen LogP contribution is 2.21. The van der Waals surface area contributed by atoms with Crippen LogP contribution in [0.25, 0.3) is 0 Å². The highest BCUT2D eigenvalue weighted by atomic mass is 16.5. The van der Waals surface area contributed by atoms with Gasteiger partial charge in [-0.3, -0.25) is 4.79 Å². The molecule has 0 radical (unpaired) electrons. The van der Waals surface area contributed by atoms with Gasteiger partial charge in [-0.2, -0.15) is 0 Å². The lowest BCUT2D eigenvalue weighted by atomic mass is 9.89. The number of likely N-dealkylation sites (tertiary alicyclic amines) is 1. The van der Waals surface area contributed by atoms with Crippen molar-refractivity contribution in [2.45, 2.75) is 45.9 Å². The molecule has 1 saturated heterocycles. The molecule has 1 amide bonds. The molecule has 0 aliphatic carbocycles. The quantitative estimate of drug-likeness (QED) is 0.878. The van der Waals surface area contributed by atoms with Gasteiger partial charge in [0.15, 0.2) is 0 Å². The molecule has 4 heteroatoms. The van der Waals surface area contributed by atoms with E-state index in [2.05, 4.69) is 36.5 Å². The molecular weight excluding hydrogens is 276 g/mol. The van der Waals surface area contributed by atoms with Crippen molar-refractivity contribution in [1.29, 1.82) is 0 Å². The van der Waals surface area contributed by atoms with Crippen LogP contribution >= 0.6 is 0 Å². The van der Waals surface area contributed by atoms with Crippen LogP contribution in [0.3, 0.4) is 0 Å². The van der Waals surface area contributed by atoms with Crippen LogP contribution in [0.1, 0.15) is 37.8 Å². The monoisotopic (exact) mass is 304 g/mol. The summed E-state index contributed by atoms with van der Waals surface area (Å²) in [6, 6.07) is 9.06. The number of hydrogen-bond acceptors (Lipinski definition) is 3. The first-order chi connectivity index (χ1) is 10.6. The summed E-state index contributed by atoms with van der Waals surface area (Å²) in [7, 11) is 1.72. The molecule has 1 aliphatic heterocycles. The first kappa shape index (κ1) is 17.0. The summed E-state index contributed by atoms with van der Waals surface area (Å²) in [5.41, 5.74) is 2.50. The standard InChI is InChI=1S/C18H28N2O2/c1-4-17-12-20(14(2)21)10-9-18(17)19-11-15-5-7-16(8-6-15)13-22-3/h5-8,17-19H,4,9-13H2,1-3H3/t17-,18-/m0/s1. The number of methoxy groups -OCH3 is 1. The SMILES string of the molecule is CC[C@H]1CN(C(C)=O)CC[C@@H]1NCc1ccc(COC)cc1. The van der Waals surface area contributed by atoms with Gasteiger partial charge in [0.25, 0.3) is 0 Å². The summed E-state index contributed by atoms with van der Waals surface area (Å²) in [6.07, 6.45) is 2.15. The summed E-state index contributed by atoms with van der Waals surface area (Å²) in [6.45, 7) is 7.18. The highest BCUT2D eigenvalue weighted by molar-refractivity contribution is 5.73. The first-order valence-corrected chi connectivity index (χ1v) is 8.19. The van der Waals surface area contributed by atoms with Crippen LogP contribution in [0.2, 0.25) is 0 Å². The van der Waals surface area contributed by atoms with Gasteiger partial charge in [0.2, 0.25) is 5.91 Å². The summed E-state index contributed by atoms with van der Waals surface area (Å²) in [5.74, 6) is 0.746. The molecule has 2 atom stereocenters. The number of nitrogens with one attached hydrogen (secondary N) is 1. The number of rotatable bonds is 6. The Morgan fingerprint density at radius 1 is 1.32 bits per heavy atom. The van der Waals surface area contributed by atoms with Crippen LogP contribution in [-0.4, -0.2) is 37.0 Å². The van der Waals surface area contributed by atoms with E-state index in [1.54, 1.807) is 14.0 Å². The van der Waals surface area contributed by atoms with E-state index >= 15 is 0 Å². The maximum absolute atomic E-state index is 11.5. The molecule has 1 aromatic carbocycles. The molecule has 0 saturated carbocycles. The summed E-state index contributed by atoms with van der Waals surface area (Å²) in [5, 5.41) is 3.68. The summed E-state index contributed by atoms with van der Waals surface area (Å²) < 4.78 is 5.13. The summed E-state index contributed by atoms with van der Waals surface area (Å²) in [4.78, 5) is 13.5. The van der Waals surface area contributed by atoms with Crippen LogP contribution in [0, 0.1) is 5.92 Å². The third kappa shape index (κ3) is 4.55. The second-order valence-corrected chi connectivity index (χ2v) is 6.16. The van der Waals surface area contributed by atoms with Crippen molar-refractivity contribution in [1.82, 2.24) is 10.2 Å². The van der Waals surface area contributed by atoms with Crippen LogP contribution in [-0.2, 0) is 22.7 Å². The largest absolute Gasteiger partial charge is 0.380 e. The Kier molecular flexibility index (Phi) is 6.40. The molecule has 1 N–H and O–H groups in total. The minimum absolute atomic E-state index is 0.200. The zero-order valence-corrected chi connectivity index (χ0v) is 14.0. The van der Waals surface area contributed by atoms with Crippen molar-refractivity contribution < 1.29 is 9.53 Å². The van der Waals surface area contributed by atoms with Gasteiger partial charge in [0.1, 0.15) is 0 Å². The number of carbonyl (C=O) groups excluding carboxylic acids is 1. The molecule has 0 bridgehead atoms. The fourth-order valence-corrected chi connectivity index (χ4v) is 3.17. The Labute approximate surface area is 133 Å². The van der Waals surface area contributed by atoms with E-state index in [-0.39, 0.29) is 5.91 Å². The van der Waals surface area contributed by atoms with Crippen LogP contribution < -0.4 is 5.32 Å². The first-order valence-electron chi connectivity index (χ1n) is 8.19. The second kappa shape index (κ2) is 8.30. The molecule has 1 aliphatic rings. The Hall–Kier alpha value is -1.39. The number of benzene rings is 1. The van der Waals surface area contributed by atoms with Gasteiger partial charge in [-0.15, -0.1) is 0 Å². The fraction of sp³-hybridized carbons (Fsp3) is 0.611. The van der Waals surface area contributed by atoms with Crippen molar-refractivity contribution in [2.75, 3.05) is 20.2 Å². The molecule has 2 rings (SSSR count). The smallest absolute Gasteiger partial charge is 0.219 e. The van der Waals surface area contributed by atoms with Crippen LogP contribution in [0.4, 0.5) is 0 Å². The Bertz CT molecular complexity index is 472. The molecule has 22 heavy (non-hydrogen) atoms. The van der Waals surface area contributed by atoms with Crippen molar-refractivity contribution in [3.8, 4) is 0 Å². The Balaban J connectivity index is 1.86. The molecule has 4 nitrogen and oxygen atoms in total. The van der Waals surface area contributed by atoms with Gasteiger partial charge in [-0.05, 0) is 23.5 Å². The zero-order chi connectivity index (χ0) is 15.9. The second-order valence-electron chi connectivity index (χ2n) is 6.16. The number of ether oxygens (including phenoxy) is 1. The van der Waals surface area contributed by atoms with Crippen LogP contribution in [0.15, 0.2) is 24.3 Å². The molecular formula is C18H28N2O2. The number of piperidine rings is 1. The number of amides is 1. The normalized spacial score (nSPS) is 21.9. The average molecular weight is 304 g/mol.